The molecule has 8 heteroatoms. The monoisotopic (exact) mass is 498 g/mol. The van der Waals surface area contributed by atoms with Gasteiger partial charge in [0.25, 0.3) is 5.91 Å². The van der Waals surface area contributed by atoms with Crippen LogP contribution in [0.1, 0.15) is 28.5 Å². The minimum absolute atomic E-state index is 0.150. The summed E-state index contributed by atoms with van der Waals surface area (Å²) in [6, 6.07) is 24.7. The number of nitrogens with zero attached hydrogens (tertiary/aromatic N) is 3. The van der Waals surface area contributed by atoms with E-state index in [9.17, 15) is 14.0 Å². The molecule has 2 heterocycles. The van der Waals surface area contributed by atoms with Crippen LogP contribution >= 0.6 is 0 Å². The van der Waals surface area contributed by atoms with Crippen LogP contribution in [-0.4, -0.2) is 39.1 Å². The molecule has 5 rings (SSSR count). The molecule has 0 aliphatic carbocycles. The molecule has 0 radical (unpaired) electrons. The van der Waals surface area contributed by atoms with Crippen molar-refractivity contribution in [3.8, 4) is 17.0 Å². The van der Waals surface area contributed by atoms with E-state index in [1.807, 2.05) is 54.6 Å². The maximum atomic E-state index is 13.8. The Kier molecular flexibility index (Phi) is 6.48. The Bertz CT molecular complexity index is 1420. The second-order valence-corrected chi connectivity index (χ2v) is 9.26. The van der Waals surface area contributed by atoms with Gasteiger partial charge in [-0.05, 0) is 60.5 Å². The minimum atomic E-state index is -1.23. The van der Waals surface area contributed by atoms with Gasteiger partial charge in [-0.2, -0.15) is 5.10 Å². The van der Waals surface area contributed by atoms with Gasteiger partial charge in [0.2, 0.25) is 5.91 Å². The van der Waals surface area contributed by atoms with Crippen molar-refractivity contribution in [2.45, 2.75) is 32.1 Å². The van der Waals surface area contributed by atoms with Gasteiger partial charge >= 0.3 is 0 Å². The summed E-state index contributed by atoms with van der Waals surface area (Å²) in [5.74, 6) is -0.254. The quantitative estimate of drug-likeness (QED) is 0.409. The summed E-state index contributed by atoms with van der Waals surface area (Å²) in [5, 5.41) is 7.66. The zero-order chi connectivity index (χ0) is 26.0. The number of aromatic nitrogens is 2. The fourth-order valence-electron chi connectivity index (χ4n) is 4.53. The van der Waals surface area contributed by atoms with Gasteiger partial charge in [0, 0.05) is 18.7 Å². The van der Waals surface area contributed by atoms with Crippen molar-refractivity contribution in [3.05, 3.63) is 108 Å². The van der Waals surface area contributed by atoms with Gasteiger partial charge in [-0.15, -0.1) is 0 Å². The molecule has 188 valence electrons. The SMILES string of the molecule is COc1ccc(-c2cc3n(n2)CC(C)(C(=O)NCc2ccccc2)N(Cc2ccc(F)cc2)C3=O)cc1. The average Bonchev–Trinajstić information content (AvgIpc) is 3.35. The third-order valence-corrected chi connectivity index (χ3v) is 6.72. The highest BCUT2D eigenvalue weighted by Crippen LogP contribution is 2.32. The number of fused-ring (bicyclic) bond motifs is 1. The maximum absolute atomic E-state index is 13.8. The number of ether oxygens (including phenoxy) is 1. The first-order valence-electron chi connectivity index (χ1n) is 12.0. The standard InChI is InChI=1S/C29H27FN4O3/c1-29(28(36)31-17-20-6-4-3-5-7-20)19-34-26(16-25(32-34)22-10-14-24(37-2)15-11-22)27(35)33(29)18-21-8-12-23(30)13-9-21/h3-16H,17-19H2,1-2H3,(H,31,36). The molecule has 3 aromatic carbocycles. The van der Waals surface area contributed by atoms with E-state index < -0.39 is 5.54 Å². The number of amides is 2. The number of halogens is 1. The lowest BCUT2D eigenvalue weighted by molar-refractivity contribution is -0.133. The van der Waals surface area contributed by atoms with E-state index in [1.165, 1.54) is 12.1 Å². The molecule has 0 saturated heterocycles. The summed E-state index contributed by atoms with van der Waals surface area (Å²) >= 11 is 0. The maximum Gasteiger partial charge on any atom is 0.273 e. The third-order valence-electron chi connectivity index (χ3n) is 6.72. The molecule has 0 spiro atoms. The van der Waals surface area contributed by atoms with Gasteiger partial charge in [-0.3, -0.25) is 14.3 Å². The average molecular weight is 499 g/mol. The Labute approximate surface area is 214 Å². The molecular formula is C29H27FN4O3. The first-order chi connectivity index (χ1) is 17.9. The Morgan fingerprint density at radius 1 is 1.03 bits per heavy atom. The van der Waals surface area contributed by atoms with Crippen LogP contribution in [-0.2, 0) is 24.4 Å². The minimum Gasteiger partial charge on any atom is -0.497 e. The van der Waals surface area contributed by atoms with Gasteiger partial charge in [0.15, 0.2) is 0 Å². The number of hydrogen-bond donors (Lipinski definition) is 1. The molecule has 1 aliphatic rings. The normalized spacial score (nSPS) is 16.8. The number of nitrogens with one attached hydrogen (secondary N) is 1. The molecule has 1 unspecified atom stereocenters. The van der Waals surface area contributed by atoms with Crippen LogP contribution in [0.15, 0.2) is 84.9 Å². The van der Waals surface area contributed by atoms with E-state index in [-0.39, 0.29) is 30.7 Å². The van der Waals surface area contributed by atoms with E-state index in [0.717, 1.165) is 22.4 Å². The number of methoxy groups -OCH3 is 1. The molecule has 1 N–H and O–H groups in total. The molecule has 1 aromatic heterocycles. The Balaban J connectivity index is 1.49. The predicted molar refractivity (Wildman–Crippen MR) is 137 cm³/mol. The highest BCUT2D eigenvalue weighted by atomic mass is 19.1. The van der Waals surface area contributed by atoms with E-state index >= 15 is 0 Å². The molecule has 2 amide bonds. The molecule has 1 atom stereocenters. The highest BCUT2D eigenvalue weighted by Gasteiger charge is 2.48. The van der Waals surface area contributed by atoms with E-state index in [0.29, 0.717) is 17.9 Å². The van der Waals surface area contributed by atoms with E-state index in [2.05, 4.69) is 10.4 Å². The van der Waals surface area contributed by atoms with Gasteiger partial charge < -0.3 is 15.0 Å². The summed E-state index contributed by atoms with van der Waals surface area (Å²) in [6.45, 7) is 2.40. The van der Waals surface area contributed by atoms with Gasteiger partial charge in [-0.25, -0.2) is 4.39 Å². The van der Waals surface area contributed by atoms with Crippen molar-refractivity contribution in [2.75, 3.05) is 7.11 Å². The number of carbonyl (C=O) groups is 2. The van der Waals surface area contributed by atoms with Gasteiger partial charge in [0.1, 0.15) is 22.8 Å². The van der Waals surface area contributed by atoms with E-state index in [1.54, 1.807) is 41.8 Å². The van der Waals surface area contributed by atoms with Crippen LogP contribution in [0, 0.1) is 5.82 Å². The molecule has 7 nitrogen and oxygen atoms in total. The second kappa shape index (κ2) is 9.89. The van der Waals surface area contributed by atoms with Crippen LogP contribution in [0.5, 0.6) is 5.75 Å². The zero-order valence-corrected chi connectivity index (χ0v) is 20.6. The van der Waals surface area contributed by atoms with Crippen LogP contribution in [0.3, 0.4) is 0 Å². The largest absolute Gasteiger partial charge is 0.497 e. The Morgan fingerprint density at radius 2 is 1.73 bits per heavy atom. The van der Waals surface area contributed by atoms with Crippen molar-refractivity contribution < 1.29 is 18.7 Å². The molecule has 0 fully saturated rings. The fraction of sp³-hybridized carbons (Fsp3) is 0.207. The molecule has 0 saturated carbocycles. The lowest BCUT2D eigenvalue weighted by atomic mass is 9.94. The van der Waals surface area contributed by atoms with Crippen LogP contribution in [0.25, 0.3) is 11.3 Å². The summed E-state index contributed by atoms with van der Waals surface area (Å²) in [7, 11) is 1.60. The first kappa shape index (κ1) is 24.2. The summed E-state index contributed by atoms with van der Waals surface area (Å²) < 4.78 is 20.4. The summed E-state index contributed by atoms with van der Waals surface area (Å²) in [5.41, 5.74) is 2.29. The second-order valence-electron chi connectivity index (χ2n) is 9.26. The lowest BCUT2D eigenvalue weighted by Crippen LogP contribution is -2.63. The van der Waals surface area contributed by atoms with Crippen LogP contribution in [0.4, 0.5) is 4.39 Å². The topological polar surface area (TPSA) is 76.5 Å². The van der Waals surface area contributed by atoms with Crippen molar-refractivity contribution in [1.82, 2.24) is 20.0 Å². The molecule has 0 bridgehead atoms. The predicted octanol–water partition coefficient (Wildman–Crippen LogP) is 4.43. The highest BCUT2D eigenvalue weighted by molar-refractivity contribution is 6.00. The molecule has 37 heavy (non-hydrogen) atoms. The van der Waals surface area contributed by atoms with Crippen molar-refractivity contribution in [2.24, 2.45) is 0 Å². The van der Waals surface area contributed by atoms with Crippen molar-refractivity contribution >= 4 is 11.8 Å². The van der Waals surface area contributed by atoms with Crippen LogP contribution < -0.4 is 10.1 Å². The first-order valence-corrected chi connectivity index (χ1v) is 12.0. The zero-order valence-electron chi connectivity index (χ0n) is 20.6. The number of carbonyl (C=O) groups excluding carboxylic acids is 2. The van der Waals surface area contributed by atoms with Gasteiger partial charge in [0.05, 0.1) is 19.3 Å². The fourth-order valence-corrected chi connectivity index (χ4v) is 4.53. The summed E-state index contributed by atoms with van der Waals surface area (Å²) in [4.78, 5) is 29.0. The smallest absolute Gasteiger partial charge is 0.273 e. The Hall–Kier alpha value is -4.46. The number of hydrogen-bond acceptors (Lipinski definition) is 4. The molecule has 1 aliphatic heterocycles. The molecule has 4 aromatic rings. The lowest BCUT2D eigenvalue weighted by Gasteiger charge is -2.43. The third kappa shape index (κ3) is 4.82. The van der Waals surface area contributed by atoms with Crippen LogP contribution in [0.2, 0.25) is 0 Å². The summed E-state index contributed by atoms with van der Waals surface area (Å²) in [6.07, 6.45) is 0. The van der Waals surface area contributed by atoms with E-state index in [4.69, 9.17) is 4.74 Å². The number of benzene rings is 3. The number of rotatable bonds is 7. The molecular weight excluding hydrogens is 471 g/mol. The van der Waals surface area contributed by atoms with Gasteiger partial charge in [-0.1, -0.05) is 42.5 Å². The van der Waals surface area contributed by atoms with Crippen molar-refractivity contribution in [3.63, 3.8) is 0 Å². The Morgan fingerprint density at radius 3 is 2.41 bits per heavy atom. The van der Waals surface area contributed by atoms with Crippen molar-refractivity contribution in [1.29, 1.82) is 0 Å².